The minimum absolute atomic E-state index is 0.0668. The molecule has 0 unspecified atom stereocenters. The molecule has 1 N–H and O–H groups in total. The molecule has 0 saturated carbocycles. The first-order valence-corrected chi connectivity index (χ1v) is 13.6. The van der Waals surface area contributed by atoms with Crippen LogP contribution in [-0.2, 0) is 36.9 Å². The molecule has 3 aromatic rings. The van der Waals surface area contributed by atoms with Crippen molar-refractivity contribution in [3.8, 4) is 11.1 Å². The SMILES string of the molecule is CCOC(=O)C[C@@H](Cc1ccc(-c2ccccc2)cc1)NC(=O)CN1CCC[C@H]1C(=O)OCc1ccccc1. The Morgan fingerprint density at radius 2 is 1.54 bits per heavy atom. The van der Waals surface area contributed by atoms with Crippen molar-refractivity contribution < 1.29 is 23.9 Å². The molecule has 1 aliphatic heterocycles. The minimum Gasteiger partial charge on any atom is -0.466 e. The molecule has 1 saturated heterocycles. The van der Waals surface area contributed by atoms with E-state index in [9.17, 15) is 14.4 Å². The fraction of sp³-hybridized carbons (Fsp3) is 0.344. The van der Waals surface area contributed by atoms with E-state index in [1.807, 2.05) is 77.7 Å². The maximum Gasteiger partial charge on any atom is 0.323 e. The Kier molecular flexibility index (Phi) is 10.3. The highest BCUT2D eigenvalue weighted by molar-refractivity contribution is 5.81. The van der Waals surface area contributed by atoms with Crippen molar-refractivity contribution in [2.24, 2.45) is 0 Å². The third-order valence-corrected chi connectivity index (χ3v) is 6.83. The summed E-state index contributed by atoms with van der Waals surface area (Å²) in [7, 11) is 0. The number of nitrogens with one attached hydrogen (secondary N) is 1. The molecule has 0 radical (unpaired) electrons. The Bertz CT molecular complexity index is 1210. The van der Waals surface area contributed by atoms with E-state index < -0.39 is 12.1 Å². The predicted molar refractivity (Wildman–Crippen MR) is 150 cm³/mol. The van der Waals surface area contributed by atoms with Gasteiger partial charge in [0, 0.05) is 6.04 Å². The van der Waals surface area contributed by atoms with Gasteiger partial charge >= 0.3 is 11.9 Å². The number of benzene rings is 3. The molecule has 1 heterocycles. The van der Waals surface area contributed by atoms with Crippen molar-refractivity contribution in [1.29, 1.82) is 0 Å². The Morgan fingerprint density at radius 3 is 2.23 bits per heavy atom. The molecule has 2 atom stereocenters. The second kappa shape index (κ2) is 14.3. The van der Waals surface area contributed by atoms with E-state index in [0.717, 1.165) is 28.7 Å². The summed E-state index contributed by atoms with van der Waals surface area (Å²) < 4.78 is 10.7. The van der Waals surface area contributed by atoms with Crippen molar-refractivity contribution in [3.05, 3.63) is 96.1 Å². The molecule has 7 nitrogen and oxygen atoms in total. The van der Waals surface area contributed by atoms with Crippen molar-refractivity contribution in [3.63, 3.8) is 0 Å². The third-order valence-electron chi connectivity index (χ3n) is 6.83. The molecule has 0 spiro atoms. The van der Waals surface area contributed by atoms with Crippen molar-refractivity contribution in [2.45, 2.75) is 51.3 Å². The molecule has 39 heavy (non-hydrogen) atoms. The first kappa shape index (κ1) is 28.0. The lowest BCUT2D eigenvalue weighted by Crippen LogP contribution is -2.47. The van der Waals surface area contributed by atoms with Crippen LogP contribution in [0.1, 0.15) is 37.3 Å². The van der Waals surface area contributed by atoms with Crippen LogP contribution in [0.5, 0.6) is 0 Å². The molecule has 1 amide bonds. The van der Waals surface area contributed by atoms with Crippen molar-refractivity contribution in [1.82, 2.24) is 10.2 Å². The topological polar surface area (TPSA) is 84.9 Å². The van der Waals surface area contributed by atoms with Crippen molar-refractivity contribution in [2.75, 3.05) is 19.7 Å². The Labute approximate surface area is 230 Å². The molecule has 0 aromatic heterocycles. The van der Waals surface area contributed by atoms with Gasteiger partial charge in [0.25, 0.3) is 0 Å². The quantitative estimate of drug-likeness (QED) is 0.348. The van der Waals surface area contributed by atoms with E-state index in [1.54, 1.807) is 6.92 Å². The zero-order valence-corrected chi connectivity index (χ0v) is 22.4. The fourth-order valence-electron chi connectivity index (χ4n) is 4.91. The standard InChI is InChI=1S/C32H36N2O5/c1-2-38-31(36)21-28(20-24-15-17-27(18-16-24)26-12-7-4-8-13-26)33-30(35)22-34-19-9-14-29(34)32(37)39-23-25-10-5-3-6-11-25/h3-8,10-13,15-18,28-29H,2,9,14,19-23H2,1H3,(H,33,35)/t28-,29+/m1/s1. The van der Waals surface area contributed by atoms with E-state index in [4.69, 9.17) is 9.47 Å². The van der Waals surface area contributed by atoms with Gasteiger partial charge in [-0.1, -0.05) is 84.9 Å². The van der Waals surface area contributed by atoms with Gasteiger partial charge in [0.2, 0.25) is 5.91 Å². The Hall–Kier alpha value is -3.97. The van der Waals surface area contributed by atoms with Crippen LogP contribution in [0.15, 0.2) is 84.9 Å². The van der Waals surface area contributed by atoms with Gasteiger partial charge in [0.1, 0.15) is 12.6 Å². The number of carbonyl (C=O) groups excluding carboxylic acids is 3. The first-order valence-electron chi connectivity index (χ1n) is 13.6. The first-order chi connectivity index (χ1) is 19.0. The molecule has 4 rings (SSSR count). The largest absolute Gasteiger partial charge is 0.466 e. The van der Waals surface area contributed by atoms with E-state index >= 15 is 0 Å². The predicted octanol–water partition coefficient (Wildman–Crippen LogP) is 4.54. The molecular weight excluding hydrogens is 492 g/mol. The van der Waals surface area contributed by atoms with Gasteiger partial charge in [-0.3, -0.25) is 19.3 Å². The summed E-state index contributed by atoms with van der Waals surface area (Å²) in [5.41, 5.74) is 4.16. The molecule has 1 aliphatic rings. The van der Waals surface area contributed by atoms with Crippen LogP contribution in [0.25, 0.3) is 11.1 Å². The normalized spacial score (nSPS) is 15.9. The Morgan fingerprint density at radius 1 is 0.872 bits per heavy atom. The Balaban J connectivity index is 1.35. The summed E-state index contributed by atoms with van der Waals surface area (Å²) in [6.45, 7) is 2.96. The maximum absolute atomic E-state index is 13.1. The lowest BCUT2D eigenvalue weighted by molar-refractivity contribution is -0.150. The molecule has 0 aliphatic carbocycles. The molecule has 7 heteroatoms. The van der Waals surface area contributed by atoms with Gasteiger partial charge in [-0.05, 0) is 55.0 Å². The highest BCUT2D eigenvalue weighted by Gasteiger charge is 2.33. The number of hydrogen-bond acceptors (Lipinski definition) is 6. The zero-order chi connectivity index (χ0) is 27.5. The number of rotatable bonds is 12. The average molecular weight is 529 g/mol. The molecular formula is C32H36N2O5. The van der Waals surface area contributed by atoms with Crippen LogP contribution in [0.3, 0.4) is 0 Å². The summed E-state index contributed by atoms with van der Waals surface area (Å²) >= 11 is 0. The van der Waals surface area contributed by atoms with E-state index in [-0.39, 0.29) is 44.0 Å². The fourth-order valence-corrected chi connectivity index (χ4v) is 4.91. The molecule has 3 aromatic carbocycles. The number of esters is 2. The molecule has 1 fully saturated rings. The van der Waals surface area contributed by atoms with Gasteiger partial charge in [0.15, 0.2) is 0 Å². The van der Waals surface area contributed by atoms with Crippen LogP contribution in [0.2, 0.25) is 0 Å². The van der Waals surface area contributed by atoms with E-state index in [1.165, 1.54) is 0 Å². The summed E-state index contributed by atoms with van der Waals surface area (Å²) in [5, 5.41) is 3.01. The summed E-state index contributed by atoms with van der Waals surface area (Å²) in [5.74, 6) is -0.897. The van der Waals surface area contributed by atoms with Crippen LogP contribution >= 0.6 is 0 Å². The van der Waals surface area contributed by atoms with Gasteiger partial charge in [-0.25, -0.2) is 0 Å². The van der Waals surface area contributed by atoms with E-state index in [0.29, 0.717) is 19.4 Å². The number of likely N-dealkylation sites (tertiary alicyclic amines) is 1. The number of carbonyl (C=O) groups is 3. The van der Waals surface area contributed by atoms with Gasteiger partial charge in [-0.2, -0.15) is 0 Å². The van der Waals surface area contributed by atoms with Crippen LogP contribution in [-0.4, -0.2) is 54.5 Å². The highest BCUT2D eigenvalue weighted by Crippen LogP contribution is 2.21. The summed E-state index contributed by atoms with van der Waals surface area (Å²) in [6.07, 6.45) is 2.03. The number of hydrogen-bond donors (Lipinski definition) is 1. The van der Waals surface area contributed by atoms with Crippen LogP contribution in [0, 0.1) is 0 Å². The lowest BCUT2D eigenvalue weighted by Gasteiger charge is -2.24. The molecule has 0 bridgehead atoms. The maximum atomic E-state index is 13.1. The number of amides is 1. The second-order valence-corrected chi connectivity index (χ2v) is 9.76. The smallest absolute Gasteiger partial charge is 0.323 e. The summed E-state index contributed by atoms with van der Waals surface area (Å²) in [6, 6.07) is 26.9. The monoisotopic (exact) mass is 528 g/mol. The van der Waals surface area contributed by atoms with E-state index in [2.05, 4.69) is 17.4 Å². The van der Waals surface area contributed by atoms with Crippen LogP contribution in [0.4, 0.5) is 0 Å². The van der Waals surface area contributed by atoms with Crippen LogP contribution < -0.4 is 5.32 Å². The minimum atomic E-state index is -0.450. The molecule has 204 valence electrons. The number of nitrogens with zero attached hydrogens (tertiary/aromatic N) is 1. The van der Waals surface area contributed by atoms with Gasteiger partial charge in [-0.15, -0.1) is 0 Å². The third kappa shape index (κ3) is 8.52. The number of ether oxygens (including phenoxy) is 2. The highest BCUT2D eigenvalue weighted by atomic mass is 16.5. The zero-order valence-electron chi connectivity index (χ0n) is 22.4. The summed E-state index contributed by atoms with van der Waals surface area (Å²) in [4.78, 5) is 40.0. The second-order valence-electron chi connectivity index (χ2n) is 9.76. The van der Waals surface area contributed by atoms with Gasteiger partial charge in [0.05, 0.1) is 19.6 Å². The van der Waals surface area contributed by atoms with Gasteiger partial charge < -0.3 is 14.8 Å². The lowest BCUT2D eigenvalue weighted by atomic mass is 9.99. The average Bonchev–Trinajstić information content (AvgIpc) is 3.41. The van der Waals surface area contributed by atoms with Crippen molar-refractivity contribution >= 4 is 17.8 Å².